The molecule has 3 rings (SSSR count). The molecule has 0 saturated heterocycles. The lowest BCUT2D eigenvalue weighted by Crippen LogP contribution is -2.28. The molecule has 1 aliphatic heterocycles. The van der Waals surface area contributed by atoms with Crippen LogP contribution in [0.5, 0.6) is 0 Å². The molecule has 0 fully saturated rings. The van der Waals surface area contributed by atoms with Crippen molar-refractivity contribution in [2.24, 2.45) is 0 Å². The van der Waals surface area contributed by atoms with Gasteiger partial charge < -0.3 is 10.2 Å². The number of fused-ring (bicyclic) bond motifs is 1. The minimum absolute atomic E-state index is 0.643. The Hall–Kier alpha value is -1.53. The van der Waals surface area contributed by atoms with Crippen LogP contribution in [-0.2, 0) is 13.0 Å². The fourth-order valence-electron chi connectivity index (χ4n) is 2.26. The number of anilines is 2. The second-order valence-corrected chi connectivity index (χ2v) is 5.14. The maximum absolute atomic E-state index is 4.53. The zero-order chi connectivity index (χ0) is 13.2. The van der Waals surface area contributed by atoms with Crippen molar-refractivity contribution >= 4 is 27.4 Å². The third kappa shape index (κ3) is 2.46. The molecule has 5 nitrogen and oxygen atoms in total. The van der Waals surface area contributed by atoms with Crippen molar-refractivity contribution in [3.05, 3.63) is 40.5 Å². The minimum Gasteiger partial charge on any atom is -0.329 e. The number of halogens is 1. The van der Waals surface area contributed by atoms with Crippen molar-refractivity contribution in [3.8, 4) is 0 Å². The topological polar surface area (TPSA) is 53.9 Å². The number of hydrogen-bond acceptors (Lipinski definition) is 5. The van der Waals surface area contributed by atoms with E-state index < -0.39 is 0 Å². The Kier molecular flexibility index (Phi) is 3.44. The summed E-state index contributed by atoms with van der Waals surface area (Å²) in [7, 11) is 2.01. The summed E-state index contributed by atoms with van der Waals surface area (Å²) in [6, 6.07) is 3.94. The van der Waals surface area contributed by atoms with Crippen LogP contribution in [0, 0.1) is 0 Å². The fourth-order valence-corrected chi connectivity index (χ4v) is 2.65. The molecule has 0 saturated carbocycles. The number of hydrogen-bond donors (Lipinski definition) is 1. The first-order valence-electron chi connectivity index (χ1n) is 6.15. The van der Waals surface area contributed by atoms with Gasteiger partial charge in [0, 0.05) is 50.2 Å². The van der Waals surface area contributed by atoms with Crippen LogP contribution < -0.4 is 10.2 Å². The second kappa shape index (κ2) is 5.22. The first-order chi connectivity index (χ1) is 9.25. The molecule has 1 N–H and O–H groups in total. The number of pyridine rings is 1. The summed E-state index contributed by atoms with van der Waals surface area (Å²) in [5, 5.41) is 3.37. The highest BCUT2D eigenvalue weighted by atomic mass is 79.9. The molecule has 6 heteroatoms. The lowest BCUT2D eigenvalue weighted by Gasteiger charge is -2.25. The monoisotopic (exact) mass is 319 g/mol. The average Bonchev–Trinajstić information content (AvgIpc) is 2.46. The maximum Gasteiger partial charge on any atom is 0.198 e. The van der Waals surface area contributed by atoms with Crippen molar-refractivity contribution in [2.75, 3.05) is 18.5 Å². The summed E-state index contributed by atoms with van der Waals surface area (Å²) in [6.07, 6.45) is 4.51. The summed E-state index contributed by atoms with van der Waals surface area (Å²) in [5.41, 5.74) is 3.36. The Morgan fingerprint density at radius 2 is 2.05 bits per heavy atom. The van der Waals surface area contributed by atoms with Crippen LogP contribution in [0.1, 0.15) is 11.3 Å². The van der Waals surface area contributed by atoms with Gasteiger partial charge >= 0.3 is 0 Å². The summed E-state index contributed by atoms with van der Waals surface area (Å²) in [4.78, 5) is 15.1. The first-order valence-corrected chi connectivity index (χ1v) is 6.95. The molecule has 0 aromatic carbocycles. The number of nitrogens with one attached hydrogen (secondary N) is 1. The molecule has 3 heterocycles. The Morgan fingerprint density at radius 3 is 2.84 bits per heavy atom. The van der Waals surface area contributed by atoms with E-state index in [0.717, 1.165) is 36.7 Å². The van der Waals surface area contributed by atoms with Gasteiger partial charge in [0.2, 0.25) is 0 Å². The molecule has 0 aliphatic carbocycles. The van der Waals surface area contributed by atoms with E-state index in [2.05, 4.69) is 41.1 Å². The first kappa shape index (κ1) is 12.5. The lowest BCUT2D eigenvalue weighted by atomic mass is 10.1. The van der Waals surface area contributed by atoms with Crippen LogP contribution in [0.3, 0.4) is 0 Å². The van der Waals surface area contributed by atoms with Crippen molar-refractivity contribution in [1.82, 2.24) is 20.3 Å². The molecule has 19 heavy (non-hydrogen) atoms. The number of nitrogens with zero attached hydrogens (tertiary/aromatic N) is 4. The van der Waals surface area contributed by atoms with E-state index in [-0.39, 0.29) is 0 Å². The van der Waals surface area contributed by atoms with Gasteiger partial charge in [0.1, 0.15) is 5.82 Å². The highest BCUT2D eigenvalue weighted by Crippen LogP contribution is 2.29. The molecule has 0 radical (unpaired) electrons. The zero-order valence-electron chi connectivity index (χ0n) is 10.6. The van der Waals surface area contributed by atoms with Gasteiger partial charge in [0.25, 0.3) is 0 Å². The summed E-state index contributed by atoms with van der Waals surface area (Å²) in [6.45, 7) is 1.78. The van der Waals surface area contributed by atoms with Crippen LogP contribution in [0.15, 0.2) is 29.3 Å². The largest absolute Gasteiger partial charge is 0.329 e. The predicted octanol–water partition coefficient (Wildman–Crippen LogP) is 2.05. The maximum atomic E-state index is 4.53. The molecule has 0 atom stereocenters. The van der Waals surface area contributed by atoms with Crippen molar-refractivity contribution in [1.29, 1.82) is 0 Å². The number of aromatic nitrogens is 3. The smallest absolute Gasteiger partial charge is 0.198 e. The lowest BCUT2D eigenvalue weighted by molar-refractivity contribution is 0.623. The van der Waals surface area contributed by atoms with E-state index in [1.165, 1.54) is 5.56 Å². The van der Waals surface area contributed by atoms with Gasteiger partial charge in [-0.2, -0.15) is 0 Å². The standard InChI is InChI=1S/C13H14BrN5/c1-19(9-2-5-15-6-3-9)12-10-8-16-7-4-11(10)17-13(14)18-12/h2-3,5-6,16H,4,7-8H2,1H3. The summed E-state index contributed by atoms with van der Waals surface area (Å²) < 4.78 is 0.643. The molecular weight excluding hydrogens is 306 g/mol. The van der Waals surface area contributed by atoms with Gasteiger partial charge in [-0.15, -0.1) is 0 Å². The normalized spacial score (nSPS) is 14.0. The average molecular weight is 320 g/mol. The van der Waals surface area contributed by atoms with Crippen molar-refractivity contribution in [3.63, 3.8) is 0 Å². The van der Waals surface area contributed by atoms with E-state index >= 15 is 0 Å². The van der Waals surface area contributed by atoms with Gasteiger partial charge in [0.05, 0.1) is 5.69 Å². The van der Waals surface area contributed by atoms with E-state index in [1.54, 1.807) is 12.4 Å². The van der Waals surface area contributed by atoms with Gasteiger partial charge in [-0.25, -0.2) is 9.97 Å². The van der Waals surface area contributed by atoms with Crippen molar-refractivity contribution in [2.45, 2.75) is 13.0 Å². The molecule has 0 spiro atoms. The van der Waals surface area contributed by atoms with E-state index in [4.69, 9.17) is 0 Å². The quantitative estimate of drug-likeness (QED) is 0.859. The van der Waals surface area contributed by atoms with Crippen LogP contribution in [-0.4, -0.2) is 28.5 Å². The molecular formula is C13H14BrN5. The van der Waals surface area contributed by atoms with Gasteiger partial charge in [-0.05, 0) is 28.1 Å². The highest BCUT2D eigenvalue weighted by molar-refractivity contribution is 9.10. The minimum atomic E-state index is 0.643. The molecule has 1 aliphatic rings. The highest BCUT2D eigenvalue weighted by Gasteiger charge is 2.19. The van der Waals surface area contributed by atoms with Crippen LogP contribution >= 0.6 is 15.9 Å². The fraction of sp³-hybridized carbons (Fsp3) is 0.308. The van der Waals surface area contributed by atoms with E-state index in [9.17, 15) is 0 Å². The molecule has 2 aromatic rings. The SMILES string of the molecule is CN(c1ccncc1)c1nc(Br)nc2c1CNCC2. The van der Waals surface area contributed by atoms with Gasteiger partial charge in [-0.1, -0.05) is 0 Å². The molecule has 98 valence electrons. The number of rotatable bonds is 2. The zero-order valence-corrected chi connectivity index (χ0v) is 12.2. The molecule has 0 amide bonds. The van der Waals surface area contributed by atoms with Crippen LogP contribution in [0.25, 0.3) is 0 Å². The van der Waals surface area contributed by atoms with Crippen LogP contribution in [0.2, 0.25) is 0 Å². The predicted molar refractivity (Wildman–Crippen MR) is 77.4 cm³/mol. The summed E-state index contributed by atoms with van der Waals surface area (Å²) in [5.74, 6) is 0.940. The molecule has 2 aromatic heterocycles. The van der Waals surface area contributed by atoms with E-state index in [0.29, 0.717) is 4.73 Å². The Labute approximate surface area is 120 Å². The van der Waals surface area contributed by atoms with Crippen LogP contribution in [0.4, 0.5) is 11.5 Å². The Morgan fingerprint density at radius 1 is 1.26 bits per heavy atom. The molecule has 0 bridgehead atoms. The Balaban J connectivity index is 2.07. The third-order valence-electron chi connectivity index (χ3n) is 3.25. The molecule has 0 unspecified atom stereocenters. The third-order valence-corrected chi connectivity index (χ3v) is 3.61. The van der Waals surface area contributed by atoms with Crippen molar-refractivity contribution < 1.29 is 0 Å². The van der Waals surface area contributed by atoms with E-state index in [1.807, 2.05) is 19.2 Å². The summed E-state index contributed by atoms with van der Waals surface area (Å²) >= 11 is 3.40. The van der Waals surface area contributed by atoms with Gasteiger partial charge in [0.15, 0.2) is 4.73 Å². The van der Waals surface area contributed by atoms with Gasteiger partial charge in [-0.3, -0.25) is 4.98 Å². The Bertz CT molecular complexity index is 587. The second-order valence-electron chi connectivity index (χ2n) is 4.43.